The molecule has 20 heavy (non-hydrogen) atoms. The van der Waals surface area contributed by atoms with Crippen LogP contribution in [-0.2, 0) is 4.74 Å². The number of hydrogen-bond donors (Lipinski definition) is 1. The third-order valence-electron chi connectivity index (χ3n) is 2.69. The molecule has 6 nitrogen and oxygen atoms in total. The minimum atomic E-state index is -0.599. The van der Waals surface area contributed by atoms with Gasteiger partial charge in [0.25, 0.3) is 0 Å². The fourth-order valence-electron chi connectivity index (χ4n) is 1.72. The molecule has 0 fully saturated rings. The molecule has 1 heterocycles. The molecule has 2 rings (SSSR count). The van der Waals surface area contributed by atoms with Crippen LogP contribution in [0, 0.1) is 5.82 Å². The number of hydrogen-bond acceptors (Lipinski definition) is 5. The van der Waals surface area contributed by atoms with Crippen molar-refractivity contribution in [2.75, 3.05) is 19.5 Å². The van der Waals surface area contributed by atoms with Crippen molar-refractivity contribution in [1.82, 2.24) is 9.55 Å². The number of benzene rings is 1. The standard InChI is InChI=1S/C13H14FN3O3/c1-3-20-13(18)11-12(15)17(7-16-11)8-4-5-9(14)10(6-8)19-2/h4-7H,3,15H2,1-2H3. The van der Waals surface area contributed by atoms with Crippen LogP contribution in [0.2, 0.25) is 0 Å². The number of carbonyl (C=O) groups excluding carboxylic acids is 1. The SMILES string of the molecule is CCOC(=O)c1ncn(-c2ccc(F)c(OC)c2)c1N. The van der Waals surface area contributed by atoms with Crippen molar-refractivity contribution in [2.45, 2.75) is 6.92 Å². The van der Waals surface area contributed by atoms with Gasteiger partial charge in [0.1, 0.15) is 12.1 Å². The molecule has 0 unspecified atom stereocenters. The molecule has 1 aromatic heterocycles. The largest absolute Gasteiger partial charge is 0.494 e. The first-order valence-corrected chi connectivity index (χ1v) is 5.92. The molecule has 106 valence electrons. The number of ether oxygens (including phenoxy) is 2. The number of imidazole rings is 1. The lowest BCUT2D eigenvalue weighted by atomic mass is 10.3. The maximum atomic E-state index is 13.4. The second-order valence-electron chi connectivity index (χ2n) is 3.89. The van der Waals surface area contributed by atoms with Crippen LogP contribution in [0.15, 0.2) is 24.5 Å². The molecule has 0 bridgehead atoms. The Morgan fingerprint density at radius 3 is 2.90 bits per heavy atom. The molecule has 0 radical (unpaired) electrons. The summed E-state index contributed by atoms with van der Waals surface area (Å²) in [5.41, 5.74) is 6.42. The monoisotopic (exact) mass is 279 g/mol. The highest BCUT2D eigenvalue weighted by Crippen LogP contribution is 2.24. The Balaban J connectivity index is 2.41. The van der Waals surface area contributed by atoms with Crippen LogP contribution in [0.25, 0.3) is 5.69 Å². The van der Waals surface area contributed by atoms with E-state index in [1.807, 2.05) is 0 Å². The first-order chi connectivity index (χ1) is 9.58. The van der Waals surface area contributed by atoms with Gasteiger partial charge in [0.05, 0.1) is 19.4 Å². The smallest absolute Gasteiger partial charge is 0.360 e. The Morgan fingerprint density at radius 1 is 1.50 bits per heavy atom. The zero-order valence-corrected chi connectivity index (χ0v) is 11.1. The first-order valence-electron chi connectivity index (χ1n) is 5.92. The van der Waals surface area contributed by atoms with E-state index in [2.05, 4.69) is 4.98 Å². The number of nitrogens with two attached hydrogens (primary N) is 1. The van der Waals surface area contributed by atoms with E-state index in [1.54, 1.807) is 6.92 Å². The van der Waals surface area contributed by atoms with Gasteiger partial charge in [-0.1, -0.05) is 0 Å². The number of rotatable bonds is 4. The number of aromatic nitrogens is 2. The lowest BCUT2D eigenvalue weighted by molar-refractivity contribution is 0.0521. The van der Waals surface area contributed by atoms with Crippen molar-refractivity contribution in [2.24, 2.45) is 0 Å². The zero-order valence-electron chi connectivity index (χ0n) is 11.1. The second kappa shape index (κ2) is 5.60. The van der Waals surface area contributed by atoms with E-state index in [9.17, 15) is 9.18 Å². The molecule has 0 amide bonds. The van der Waals surface area contributed by atoms with Crippen LogP contribution in [-0.4, -0.2) is 29.2 Å². The molecule has 0 aliphatic carbocycles. The summed E-state index contributed by atoms with van der Waals surface area (Å²) in [6.45, 7) is 1.92. The number of anilines is 1. The summed E-state index contributed by atoms with van der Waals surface area (Å²) in [5.74, 6) is -0.885. The molecule has 0 atom stereocenters. The first kappa shape index (κ1) is 13.9. The maximum absolute atomic E-state index is 13.4. The van der Waals surface area contributed by atoms with Gasteiger partial charge in [0.15, 0.2) is 17.3 Å². The van der Waals surface area contributed by atoms with Crippen LogP contribution >= 0.6 is 0 Å². The topological polar surface area (TPSA) is 79.4 Å². The van der Waals surface area contributed by atoms with Crippen molar-refractivity contribution in [1.29, 1.82) is 0 Å². The average molecular weight is 279 g/mol. The molecule has 0 saturated carbocycles. The molecular formula is C13H14FN3O3. The quantitative estimate of drug-likeness (QED) is 0.863. The Bertz CT molecular complexity index is 640. The van der Waals surface area contributed by atoms with Crippen LogP contribution in [0.3, 0.4) is 0 Å². The summed E-state index contributed by atoms with van der Waals surface area (Å²) < 4.78 is 24.6. The molecule has 0 spiro atoms. The molecule has 0 aliphatic rings. The fourth-order valence-corrected chi connectivity index (χ4v) is 1.72. The molecule has 1 aromatic carbocycles. The molecule has 2 aromatic rings. The maximum Gasteiger partial charge on any atom is 0.360 e. The highest BCUT2D eigenvalue weighted by Gasteiger charge is 2.18. The van der Waals surface area contributed by atoms with Gasteiger partial charge in [0.2, 0.25) is 0 Å². The van der Waals surface area contributed by atoms with E-state index in [-0.39, 0.29) is 23.9 Å². The third-order valence-corrected chi connectivity index (χ3v) is 2.69. The Kier molecular flexibility index (Phi) is 3.88. The normalized spacial score (nSPS) is 10.3. The van der Waals surface area contributed by atoms with Gasteiger partial charge in [-0.3, -0.25) is 4.57 Å². The van der Waals surface area contributed by atoms with Gasteiger partial charge in [-0.15, -0.1) is 0 Å². The van der Waals surface area contributed by atoms with Gasteiger partial charge in [-0.25, -0.2) is 14.2 Å². The summed E-state index contributed by atoms with van der Waals surface area (Å²) >= 11 is 0. The van der Waals surface area contributed by atoms with Gasteiger partial charge in [-0.05, 0) is 19.1 Å². The van der Waals surface area contributed by atoms with Crippen molar-refractivity contribution in [3.05, 3.63) is 36.0 Å². The third kappa shape index (κ3) is 2.42. The number of methoxy groups -OCH3 is 1. The molecule has 0 saturated heterocycles. The number of nitrogens with zero attached hydrogens (tertiary/aromatic N) is 2. The predicted octanol–water partition coefficient (Wildman–Crippen LogP) is 1.78. The number of halogens is 1. The van der Waals surface area contributed by atoms with Crippen molar-refractivity contribution in [3.8, 4) is 11.4 Å². The molecule has 2 N–H and O–H groups in total. The van der Waals surface area contributed by atoms with Gasteiger partial charge < -0.3 is 15.2 Å². The van der Waals surface area contributed by atoms with Gasteiger partial charge >= 0.3 is 5.97 Å². The lowest BCUT2D eigenvalue weighted by Gasteiger charge is -2.08. The summed E-state index contributed by atoms with van der Waals surface area (Å²) in [7, 11) is 1.36. The Morgan fingerprint density at radius 2 is 2.25 bits per heavy atom. The fraction of sp³-hybridized carbons (Fsp3) is 0.231. The van der Waals surface area contributed by atoms with Crippen LogP contribution in [0.5, 0.6) is 5.75 Å². The van der Waals surface area contributed by atoms with E-state index in [4.69, 9.17) is 15.2 Å². The summed E-state index contributed by atoms with van der Waals surface area (Å²) in [6, 6.07) is 4.21. The van der Waals surface area contributed by atoms with Crippen LogP contribution in [0.1, 0.15) is 17.4 Å². The van der Waals surface area contributed by atoms with E-state index in [1.165, 1.54) is 36.2 Å². The summed E-state index contributed by atoms with van der Waals surface area (Å²) in [5, 5.41) is 0. The number of esters is 1. The van der Waals surface area contributed by atoms with Crippen LogP contribution in [0.4, 0.5) is 10.2 Å². The number of nitrogen functional groups attached to an aromatic ring is 1. The highest BCUT2D eigenvalue weighted by molar-refractivity contribution is 5.92. The van der Waals surface area contributed by atoms with Crippen molar-refractivity contribution in [3.63, 3.8) is 0 Å². The van der Waals surface area contributed by atoms with Gasteiger partial charge in [0, 0.05) is 6.07 Å². The number of carbonyl (C=O) groups is 1. The minimum absolute atomic E-state index is 0.0233. The Hall–Kier alpha value is -2.57. The van der Waals surface area contributed by atoms with Gasteiger partial charge in [-0.2, -0.15) is 0 Å². The summed E-state index contributed by atoms with van der Waals surface area (Å²) in [4.78, 5) is 15.5. The average Bonchev–Trinajstić information content (AvgIpc) is 2.81. The zero-order chi connectivity index (χ0) is 14.7. The van der Waals surface area contributed by atoms with E-state index in [0.29, 0.717) is 5.69 Å². The van der Waals surface area contributed by atoms with Crippen molar-refractivity contribution >= 4 is 11.8 Å². The second-order valence-corrected chi connectivity index (χ2v) is 3.89. The molecular weight excluding hydrogens is 265 g/mol. The Labute approximate surface area is 114 Å². The molecule has 7 heteroatoms. The highest BCUT2D eigenvalue weighted by atomic mass is 19.1. The minimum Gasteiger partial charge on any atom is -0.494 e. The predicted molar refractivity (Wildman–Crippen MR) is 70.4 cm³/mol. The van der Waals surface area contributed by atoms with E-state index < -0.39 is 11.8 Å². The lowest BCUT2D eigenvalue weighted by Crippen LogP contribution is -2.09. The van der Waals surface area contributed by atoms with E-state index in [0.717, 1.165) is 0 Å². The summed E-state index contributed by atoms with van der Waals surface area (Å²) in [6.07, 6.45) is 1.37. The van der Waals surface area contributed by atoms with Crippen molar-refractivity contribution < 1.29 is 18.7 Å². The van der Waals surface area contributed by atoms with Crippen LogP contribution < -0.4 is 10.5 Å². The molecule has 0 aliphatic heterocycles. The van der Waals surface area contributed by atoms with E-state index >= 15 is 0 Å².